The van der Waals surface area contributed by atoms with E-state index in [2.05, 4.69) is 15.5 Å². The first-order valence-corrected chi connectivity index (χ1v) is 7.50. The number of hydrogen-bond donors (Lipinski definition) is 1. The van der Waals surface area contributed by atoms with Gasteiger partial charge < -0.3 is 9.73 Å². The van der Waals surface area contributed by atoms with Gasteiger partial charge in [-0.2, -0.15) is 0 Å². The Morgan fingerprint density at radius 3 is 2.65 bits per heavy atom. The molecule has 0 atom stereocenters. The minimum Gasteiger partial charge on any atom is -0.421 e. The largest absolute Gasteiger partial charge is 0.421 e. The van der Waals surface area contributed by atoms with Crippen LogP contribution in [-0.2, 0) is 6.42 Å². The molecule has 4 nitrogen and oxygen atoms in total. The van der Waals surface area contributed by atoms with Crippen molar-refractivity contribution in [3.05, 3.63) is 34.1 Å². The molecular weight excluding hydrogens is 297 g/mol. The van der Waals surface area contributed by atoms with Gasteiger partial charge in [-0.15, -0.1) is 10.2 Å². The van der Waals surface area contributed by atoms with Gasteiger partial charge in [-0.25, -0.2) is 0 Å². The van der Waals surface area contributed by atoms with Crippen molar-refractivity contribution in [3.8, 4) is 11.5 Å². The lowest BCUT2D eigenvalue weighted by Crippen LogP contribution is -2.17. The van der Waals surface area contributed by atoms with Gasteiger partial charge in [-0.3, -0.25) is 0 Å². The quantitative estimate of drug-likeness (QED) is 0.826. The van der Waals surface area contributed by atoms with Crippen LogP contribution in [0.15, 0.2) is 22.6 Å². The van der Waals surface area contributed by atoms with E-state index in [1.54, 1.807) is 18.2 Å². The maximum atomic E-state index is 6.12. The predicted molar refractivity (Wildman–Crippen MR) is 79.1 cm³/mol. The summed E-state index contributed by atoms with van der Waals surface area (Å²) < 4.78 is 5.64. The predicted octanol–water partition coefficient (Wildman–Crippen LogP) is 3.73. The van der Waals surface area contributed by atoms with Crippen LogP contribution >= 0.6 is 23.2 Å². The van der Waals surface area contributed by atoms with Crippen LogP contribution in [0.25, 0.3) is 11.5 Å². The molecule has 0 saturated heterocycles. The second kappa shape index (κ2) is 6.12. The number of halogens is 2. The van der Waals surface area contributed by atoms with E-state index in [1.807, 2.05) is 0 Å². The SMILES string of the molecule is Clc1cccc(Cl)c1-c1nnc(CCCNC2CC2)o1. The number of rotatable bonds is 6. The molecule has 1 aromatic heterocycles. The van der Waals surface area contributed by atoms with Gasteiger partial charge in [-0.1, -0.05) is 29.3 Å². The van der Waals surface area contributed by atoms with E-state index in [0.29, 0.717) is 27.4 Å². The highest BCUT2D eigenvalue weighted by molar-refractivity contribution is 6.38. The normalized spacial score (nSPS) is 14.7. The fraction of sp³-hybridized carbons (Fsp3) is 0.429. The van der Waals surface area contributed by atoms with Gasteiger partial charge in [0.2, 0.25) is 5.89 Å². The number of nitrogens with zero attached hydrogens (tertiary/aromatic N) is 2. The highest BCUT2D eigenvalue weighted by Gasteiger charge is 2.20. The van der Waals surface area contributed by atoms with Crippen molar-refractivity contribution >= 4 is 23.2 Å². The van der Waals surface area contributed by atoms with Crippen LogP contribution in [0.5, 0.6) is 0 Å². The summed E-state index contributed by atoms with van der Waals surface area (Å²) in [5, 5.41) is 12.6. The number of hydrogen-bond acceptors (Lipinski definition) is 4. The third-order valence-corrected chi connectivity index (χ3v) is 3.85. The van der Waals surface area contributed by atoms with E-state index in [0.717, 1.165) is 25.4 Å². The minimum atomic E-state index is 0.380. The van der Waals surface area contributed by atoms with E-state index in [4.69, 9.17) is 27.6 Å². The van der Waals surface area contributed by atoms with Crippen LogP contribution in [-0.4, -0.2) is 22.8 Å². The van der Waals surface area contributed by atoms with Crippen molar-refractivity contribution in [2.75, 3.05) is 6.54 Å². The van der Waals surface area contributed by atoms with Gasteiger partial charge in [-0.05, 0) is 37.9 Å². The molecule has 20 heavy (non-hydrogen) atoms. The van der Waals surface area contributed by atoms with Crippen LogP contribution in [0, 0.1) is 0 Å². The molecule has 1 saturated carbocycles. The maximum absolute atomic E-state index is 6.12. The molecule has 3 rings (SSSR count). The number of aryl methyl sites for hydroxylation is 1. The summed E-state index contributed by atoms with van der Waals surface area (Å²) in [5.41, 5.74) is 0.602. The Morgan fingerprint density at radius 1 is 1.20 bits per heavy atom. The molecule has 0 radical (unpaired) electrons. The van der Waals surface area contributed by atoms with E-state index >= 15 is 0 Å². The average molecular weight is 312 g/mol. The Morgan fingerprint density at radius 2 is 1.95 bits per heavy atom. The molecule has 1 heterocycles. The summed E-state index contributed by atoms with van der Waals surface area (Å²) in [6.45, 7) is 0.981. The van der Waals surface area contributed by atoms with Gasteiger partial charge >= 0.3 is 0 Å². The second-order valence-corrected chi connectivity index (χ2v) is 5.74. The molecule has 106 valence electrons. The Hall–Kier alpha value is -1.10. The molecule has 1 aromatic carbocycles. The minimum absolute atomic E-state index is 0.380. The highest BCUT2D eigenvalue weighted by atomic mass is 35.5. The van der Waals surface area contributed by atoms with Crippen LogP contribution < -0.4 is 5.32 Å². The number of benzene rings is 1. The summed E-state index contributed by atoms with van der Waals surface area (Å²) in [6, 6.07) is 6.03. The van der Waals surface area contributed by atoms with Crippen molar-refractivity contribution in [2.24, 2.45) is 0 Å². The van der Waals surface area contributed by atoms with Crippen molar-refractivity contribution in [2.45, 2.75) is 31.7 Å². The molecule has 0 spiro atoms. The van der Waals surface area contributed by atoms with E-state index < -0.39 is 0 Å². The van der Waals surface area contributed by atoms with Gasteiger partial charge in [0.15, 0.2) is 0 Å². The maximum Gasteiger partial charge on any atom is 0.250 e. The molecule has 1 N–H and O–H groups in total. The zero-order chi connectivity index (χ0) is 13.9. The smallest absolute Gasteiger partial charge is 0.250 e. The van der Waals surface area contributed by atoms with E-state index in [9.17, 15) is 0 Å². The Labute approximate surface area is 127 Å². The lowest BCUT2D eigenvalue weighted by molar-refractivity contribution is 0.491. The van der Waals surface area contributed by atoms with Crippen molar-refractivity contribution < 1.29 is 4.42 Å². The molecule has 1 aliphatic rings. The molecule has 1 fully saturated rings. The molecule has 0 unspecified atom stereocenters. The Balaban J connectivity index is 1.63. The van der Waals surface area contributed by atoms with Gasteiger partial charge in [0.05, 0.1) is 15.6 Å². The molecule has 0 amide bonds. The van der Waals surface area contributed by atoms with Crippen LogP contribution in [0.4, 0.5) is 0 Å². The molecule has 2 aromatic rings. The van der Waals surface area contributed by atoms with Crippen LogP contribution in [0.1, 0.15) is 25.2 Å². The van der Waals surface area contributed by atoms with E-state index in [1.165, 1.54) is 12.8 Å². The number of aromatic nitrogens is 2. The third-order valence-electron chi connectivity index (χ3n) is 3.22. The molecule has 1 aliphatic carbocycles. The second-order valence-electron chi connectivity index (χ2n) is 4.93. The lowest BCUT2D eigenvalue weighted by Gasteiger charge is -2.01. The van der Waals surface area contributed by atoms with E-state index in [-0.39, 0.29) is 0 Å². The summed E-state index contributed by atoms with van der Waals surface area (Å²) in [5.74, 6) is 0.999. The third kappa shape index (κ3) is 3.32. The van der Waals surface area contributed by atoms with Crippen LogP contribution in [0.3, 0.4) is 0 Å². The summed E-state index contributed by atoms with van der Waals surface area (Å²) in [4.78, 5) is 0. The van der Waals surface area contributed by atoms with Crippen molar-refractivity contribution in [3.63, 3.8) is 0 Å². The zero-order valence-corrected chi connectivity index (χ0v) is 12.4. The first kappa shape index (κ1) is 13.9. The Bertz CT molecular complexity index is 576. The Kier molecular flexibility index (Phi) is 4.24. The molecule has 6 heteroatoms. The fourth-order valence-corrected chi connectivity index (χ4v) is 2.55. The molecular formula is C14H15Cl2N3O. The lowest BCUT2D eigenvalue weighted by atomic mass is 10.2. The van der Waals surface area contributed by atoms with Crippen molar-refractivity contribution in [1.82, 2.24) is 15.5 Å². The van der Waals surface area contributed by atoms with Crippen molar-refractivity contribution in [1.29, 1.82) is 0 Å². The topological polar surface area (TPSA) is 51.0 Å². The summed E-state index contributed by atoms with van der Waals surface area (Å²) in [7, 11) is 0. The molecule has 0 bridgehead atoms. The standard InChI is InChI=1S/C14H15Cl2N3O/c15-10-3-1-4-11(16)13(10)14-19-18-12(20-14)5-2-8-17-9-6-7-9/h1,3-4,9,17H,2,5-8H2. The average Bonchev–Trinajstić information content (AvgIpc) is 3.13. The fourth-order valence-electron chi connectivity index (χ4n) is 1.99. The van der Waals surface area contributed by atoms with Gasteiger partial charge in [0.25, 0.3) is 5.89 Å². The zero-order valence-electron chi connectivity index (χ0n) is 10.9. The molecule has 0 aliphatic heterocycles. The first-order valence-electron chi connectivity index (χ1n) is 6.74. The number of nitrogens with one attached hydrogen (secondary N) is 1. The first-order chi connectivity index (χ1) is 9.74. The monoisotopic (exact) mass is 311 g/mol. The summed E-state index contributed by atoms with van der Waals surface area (Å²) in [6.07, 6.45) is 4.34. The summed E-state index contributed by atoms with van der Waals surface area (Å²) >= 11 is 12.2. The highest BCUT2D eigenvalue weighted by Crippen LogP contribution is 2.33. The van der Waals surface area contributed by atoms with Crippen LogP contribution in [0.2, 0.25) is 10.0 Å². The van der Waals surface area contributed by atoms with Gasteiger partial charge in [0.1, 0.15) is 0 Å². The van der Waals surface area contributed by atoms with Gasteiger partial charge in [0, 0.05) is 12.5 Å².